The van der Waals surface area contributed by atoms with E-state index < -0.39 is 17.6 Å². The minimum atomic E-state index is -4.47. The first-order valence-electron chi connectivity index (χ1n) is 10.7. The van der Waals surface area contributed by atoms with Gasteiger partial charge in [-0.3, -0.25) is 4.79 Å². The molecule has 0 bridgehead atoms. The Kier molecular flexibility index (Phi) is 6.17. The normalized spacial score (nSPS) is 14.8. The average molecular weight is 454 g/mol. The van der Waals surface area contributed by atoms with Gasteiger partial charge in [0, 0.05) is 28.9 Å². The summed E-state index contributed by atoms with van der Waals surface area (Å²) in [6.45, 7) is 3.48. The molecule has 1 N–H and O–H groups in total. The molecular weight excluding hydrogens is 429 g/mol. The molecule has 0 aromatic heterocycles. The van der Waals surface area contributed by atoms with Gasteiger partial charge in [0.05, 0.1) is 12.2 Å². The first kappa shape index (κ1) is 22.9. The van der Waals surface area contributed by atoms with Gasteiger partial charge in [-0.1, -0.05) is 30.3 Å². The molecule has 4 nitrogen and oxygen atoms in total. The van der Waals surface area contributed by atoms with Gasteiger partial charge in [0.1, 0.15) is 5.75 Å². The molecule has 0 saturated carbocycles. The molecule has 0 fully saturated rings. The Morgan fingerprint density at radius 2 is 1.82 bits per heavy atom. The lowest BCUT2D eigenvalue weighted by molar-refractivity contribution is -0.137. The molecule has 0 saturated heterocycles. The molecule has 33 heavy (non-hydrogen) atoms. The summed E-state index contributed by atoms with van der Waals surface area (Å²) >= 11 is 0. The van der Waals surface area contributed by atoms with E-state index in [1.165, 1.54) is 6.07 Å². The molecule has 1 aromatic carbocycles. The fourth-order valence-electron chi connectivity index (χ4n) is 4.10. The van der Waals surface area contributed by atoms with Crippen molar-refractivity contribution >= 4 is 23.2 Å². The second-order valence-corrected chi connectivity index (χ2v) is 8.43. The van der Waals surface area contributed by atoms with E-state index in [0.717, 1.165) is 53.1 Å². The summed E-state index contributed by atoms with van der Waals surface area (Å²) in [4.78, 5) is 14.7. The number of hydrogen-bond acceptors (Lipinski definition) is 3. The van der Waals surface area contributed by atoms with Gasteiger partial charge in [-0.05, 0) is 68.4 Å². The number of aryl methyl sites for hydroxylation is 1. The van der Waals surface area contributed by atoms with Crippen LogP contribution < -0.4 is 10.1 Å². The highest BCUT2D eigenvalue weighted by molar-refractivity contribution is 6.35. The van der Waals surface area contributed by atoms with Gasteiger partial charge >= 0.3 is 6.18 Å². The van der Waals surface area contributed by atoms with Crippen molar-refractivity contribution in [3.63, 3.8) is 0 Å². The standard InChI is InChI=1S/C26H25F3N2O2/c1-16-13-17(19-7-4-5-8-23(24(16)19)33-12-6-11-31(2)3)14-21-20-10-9-18(26(27,28)29)15-22(20)30-25(21)32/h4-5,7-10,13-15H,6,11-12H2,1-3H3,(H,30,32). The highest BCUT2D eigenvalue weighted by Gasteiger charge is 2.33. The lowest BCUT2D eigenvalue weighted by atomic mass is 10.0. The van der Waals surface area contributed by atoms with Crippen molar-refractivity contribution in [1.82, 2.24) is 4.90 Å². The largest absolute Gasteiger partial charge is 0.493 e. The van der Waals surface area contributed by atoms with Crippen molar-refractivity contribution in [2.24, 2.45) is 0 Å². The second kappa shape index (κ2) is 8.90. The minimum Gasteiger partial charge on any atom is -0.493 e. The average Bonchev–Trinajstić information content (AvgIpc) is 3.11. The van der Waals surface area contributed by atoms with Crippen LogP contribution in [0.25, 0.3) is 22.8 Å². The van der Waals surface area contributed by atoms with Crippen molar-refractivity contribution in [2.75, 3.05) is 32.6 Å². The number of nitrogens with one attached hydrogen (secondary N) is 1. The number of carbonyl (C=O) groups is 1. The number of amides is 1. The van der Waals surface area contributed by atoms with Crippen LogP contribution in [0.2, 0.25) is 0 Å². The van der Waals surface area contributed by atoms with Crippen LogP contribution in [0.5, 0.6) is 5.75 Å². The monoisotopic (exact) mass is 454 g/mol. The molecular formula is C26H25F3N2O2. The number of benzene rings is 1. The number of ether oxygens (including phenoxy) is 1. The Balaban J connectivity index is 1.68. The zero-order chi connectivity index (χ0) is 23.8. The Labute approximate surface area is 191 Å². The van der Waals surface area contributed by atoms with Gasteiger partial charge in [-0.2, -0.15) is 13.2 Å². The van der Waals surface area contributed by atoms with Crippen LogP contribution in [0.1, 0.15) is 28.7 Å². The number of nitrogens with zero attached hydrogens (tertiary/aromatic N) is 1. The first-order chi connectivity index (χ1) is 15.6. The molecule has 1 aliphatic heterocycles. The maximum Gasteiger partial charge on any atom is 0.416 e. The third-order valence-electron chi connectivity index (χ3n) is 5.65. The first-order valence-corrected chi connectivity index (χ1v) is 10.7. The summed E-state index contributed by atoms with van der Waals surface area (Å²) in [5, 5.41) is 2.56. The number of alkyl halides is 3. The van der Waals surface area contributed by atoms with Crippen molar-refractivity contribution in [2.45, 2.75) is 19.5 Å². The highest BCUT2D eigenvalue weighted by Crippen LogP contribution is 2.42. The number of halogens is 3. The summed E-state index contributed by atoms with van der Waals surface area (Å²) in [7, 11) is 4.03. The molecule has 1 aromatic rings. The molecule has 172 valence electrons. The van der Waals surface area contributed by atoms with Gasteiger partial charge in [-0.25, -0.2) is 0 Å². The topological polar surface area (TPSA) is 41.6 Å². The third-order valence-corrected chi connectivity index (χ3v) is 5.65. The Morgan fingerprint density at radius 3 is 2.55 bits per heavy atom. The molecule has 0 atom stereocenters. The van der Waals surface area contributed by atoms with E-state index in [2.05, 4.69) is 10.2 Å². The molecule has 1 heterocycles. The van der Waals surface area contributed by atoms with Crippen LogP contribution in [0.4, 0.5) is 18.9 Å². The molecule has 1 amide bonds. The zero-order valence-corrected chi connectivity index (χ0v) is 18.7. The summed E-state index contributed by atoms with van der Waals surface area (Å²) < 4.78 is 45.3. The van der Waals surface area contributed by atoms with Gasteiger partial charge in [0.2, 0.25) is 0 Å². The van der Waals surface area contributed by atoms with Crippen molar-refractivity contribution in [1.29, 1.82) is 0 Å². The summed E-state index contributed by atoms with van der Waals surface area (Å²) in [6, 6.07) is 13.0. The third kappa shape index (κ3) is 4.73. The van der Waals surface area contributed by atoms with E-state index >= 15 is 0 Å². The maximum atomic E-state index is 13.1. The summed E-state index contributed by atoms with van der Waals surface area (Å²) in [5.41, 5.74) is 3.87. The minimum absolute atomic E-state index is 0.170. The van der Waals surface area contributed by atoms with Gasteiger partial charge in [0.15, 0.2) is 0 Å². The van der Waals surface area contributed by atoms with Gasteiger partial charge in [0.25, 0.3) is 5.91 Å². The summed E-state index contributed by atoms with van der Waals surface area (Å²) in [5.74, 6) is 0.346. The van der Waals surface area contributed by atoms with E-state index in [9.17, 15) is 18.0 Å². The predicted molar refractivity (Wildman–Crippen MR) is 124 cm³/mol. The molecule has 7 heteroatoms. The predicted octanol–water partition coefficient (Wildman–Crippen LogP) is 5.94. The van der Waals surface area contributed by atoms with Crippen LogP contribution in [-0.4, -0.2) is 38.1 Å². The quantitative estimate of drug-likeness (QED) is 0.370. The number of hydrogen-bond donors (Lipinski definition) is 1. The molecule has 4 rings (SSSR count). The number of carbonyl (C=O) groups excluding carboxylic acids is 1. The number of anilines is 1. The molecule has 2 aliphatic carbocycles. The van der Waals surface area contributed by atoms with E-state index in [-0.39, 0.29) is 5.69 Å². The van der Waals surface area contributed by atoms with Gasteiger partial charge in [-0.15, -0.1) is 0 Å². The van der Waals surface area contributed by atoms with Gasteiger partial charge < -0.3 is 15.0 Å². The second-order valence-electron chi connectivity index (χ2n) is 8.43. The van der Waals surface area contributed by atoms with Crippen LogP contribution in [0.15, 0.2) is 48.5 Å². The van der Waals surface area contributed by atoms with Crippen LogP contribution in [0, 0.1) is 6.92 Å². The van der Waals surface area contributed by atoms with Crippen LogP contribution in [-0.2, 0) is 11.0 Å². The fraction of sp³-hybridized carbons (Fsp3) is 0.269. The smallest absolute Gasteiger partial charge is 0.416 e. The van der Waals surface area contributed by atoms with Crippen molar-refractivity contribution in [3.05, 3.63) is 70.8 Å². The molecule has 0 unspecified atom stereocenters. The van der Waals surface area contributed by atoms with E-state index in [1.807, 2.05) is 51.4 Å². The zero-order valence-electron chi connectivity index (χ0n) is 18.7. The number of rotatable bonds is 6. The lowest BCUT2D eigenvalue weighted by Gasteiger charge is -2.12. The van der Waals surface area contributed by atoms with Crippen molar-refractivity contribution in [3.8, 4) is 16.9 Å². The van der Waals surface area contributed by atoms with E-state index in [0.29, 0.717) is 17.7 Å². The SMILES string of the molecule is Cc1cc(C=C2C(=O)Nc3cc(C(F)(F)F)ccc32)c2ccccc(OCCCN(C)C)c1-2. The van der Waals surface area contributed by atoms with E-state index in [4.69, 9.17) is 4.74 Å². The maximum absolute atomic E-state index is 13.1. The molecule has 3 aliphatic rings. The lowest BCUT2D eigenvalue weighted by Crippen LogP contribution is -2.15. The van der Waals surface area contributed by atoms with E-state index in [1.54, 1.807) is 6.08 Å². The fourth-order valence-corrected chi connectivity index (χ4v) is 4.10. The Bertz CT molecular complexity index is 1200. The van der Waals surface area contributed by atoms with Crippen LogP contribution in [0.3, 0.4) is 0 Å². The van der Waals surface area contributed by atoms with Crippen molar-refractivity contribution < 1.29 is 22.7 Å². The molecule has 0 spiro atoms. The molecule has 0 radical (unpaired) electrons. The number of fused-ring (bicyclic) bond motifs is 2. The Hall–Kier alpha value is -3.32. The Morgan fingerprint density at radius 1 is 1.06 bits per heavy atom. The van der Waals surface area contributed by atoms with Crippen LogP contribution >= 0.6 is 0 Å². The highest BCUT2D eigenvalue weighted by atomic mass is 19.4. The summed E-state index contributed by atoms with van der Waals surface area (Å²) in [6.07, 6.45) is -1.84.